The van der Waals surface area contributed by atoms with Crippen molar-refractivity contribution in [2.75, 3.05) is 6.61 Å². The number of nitrogens with zero attached hydrogens (tertiary/aromatic N) is 2. The van der Waals surface area contributed by atoms with Crippen LogP contribution in [0.3, 0.4) is 0 Å². The molecule has 26 heavy (non-hydrogen) atoms. The van der Waals surface area contributed by atoms with Gasteiger partial charge in [-0.15, -0.1) is 0 Å². The first kappa shape index (κ1) is 16.4. The fourth-order valence-corrected chi connectivity index (χ4v) is 3.70. The average Bonchev–Trinajstić information content (AvgIpc) is 3.18. The van der Waals surface area contributed by atoms with Crippen molar-refractivity contribution in [1.29, 1.82) is 0 Å². The largest absolute Gasteiger partial charge is 0.494 e. The number of hydrogen-bond acceptors (Lipinski definition) is 5. The second-order valence-electron chi connectivity index (χ2n) is 5.69. The molecule has 0 amide bonds. The van der Waals surface area contributed by atoms with E-state index in [0.717, 1.165) is 33.9 Å². The fraction of sp³-hybridized carbons (Fsp3) is 0.100. The number of rotatable bonds is 4. The lowest BCUT2D eigenvalue weighted by Crippen LogP contribution is -2.09. The molecule has 1 aromatic heterocycles. The molecule has 0 atom stereocenters. The predicted molar refractivity (Wildman–Crippen MR) is 105 cm³/mol. The Hall–Kier alpha value is -3.12. The van der Waals surface area contributed by atoms with Crippen LogP contribution in [0.1, 0.15) is 17.4 Å². The van der Waals surface area contributed by atoms with Crippen LogP contribution in [0.15, 0.2) is 58.3 Å². The highest BCUT2D eigenvalue weighted by Gasteiger charge is 2.17. The van der Waals surface area contributed by atoms with Crippen molar-refractivity contribution in [2.24, 2.45) is 4.99 Å². The molecule has 5 nitrogen and oxygen atoms in total. The van der Waals surface area contributed by atoms with Crippen LogP contribution in [0.2, 0.25) is 0 Å². The molecule has 4 rings (SSSR count). The highest BCUT2D eigenvalue weighted by molar-refractivity contribution is 7.10. The van der Waals surface area contributed by atoms with E-state index in [-0.39, 0.29) is 10.8 Å². The summed E-state index contributed by atoms with van der Waals surface area (Å²) in [5, 5.41) is 10.6. The Morgan fingerprint density at radius 1 is 1.19 bits per heavy atom. The van der Waals surface area contributed by atoms with E-state index in [9.17, 15) is 9.90 Å². The van der Waals surface area contributed by atoms with E-state index in [2.05, 4.69) is 4.99 Å². The summed E-state index contributed by atoms with van der Waals surface area (Å²) >= 11 is 1.000. The van der Waals surface area contributed by atoms with E-state index in [0.29, 0.717) is 17.2 Å². The Labute approximate surface area is 154 Å². The van der Waals surface area contributed by atoms with E-state index in [1.807, 2.05) is 31.2 Å². The third-order valence-corrected chi connectivity index (χ3v) is 4.94. The molecule has 0 saturated carbocycles. The molecular weight excluding hydrogens is 348 g/mol. The van der Waals surface area contributed by atoms with Gasteiger partial charge in [-0.1, -0.05) is 29.5 Å². The molecule has 3 aromatic rings. The summed E-state index contributed by atoms with van der Waals surface area (Å²) in [6, 6.07) is 14.8. The van der Waals surface area contributed by atoms with Crippen LogP contribution in [0.5, 0.6) is 11.6 Å². The van der Waals surface area contributed by atoms with Crippen LogP contribution < -0.4 is 9.61 Å². The number of fused-ring (bicyclic) bond motifs is 1. The van der Waals surface area contributed by atoms with Crippen LogP contribution >= 0.6 is 11.3 Å². The molecule has 6 heteroatoms. The van der Waals surface area contributed by atoms with E-state index in [1.165, 1.54) is 4.57 Å². The van der Waals surface area contributed by atoms with E-state index in [4.69, 9.17) is 4.74 Å². The van der Waals surface area contributed by atoms with Gasteiger partial charge in [-0.2, -0.15) is 0 Å². The first-order valence-electron chi connectivity index (χ1n) is 8.20. The zero-order valence-corrected chi connectivity index (χ0v) is 14.9. The van der Waals surface area contributed by atoms with Gasteiger partial charge >= 0.3 is 4.87 Å². The summed E-state index contributed by atoms with van der Waals surface area (Å²) < 4.78 is 6.71. The maximum atomic E-state index is 12.4. The molecular formula is C20H16N2O3S. The van der Waals surface area contributed by atoms with Gasteiger partial charge in [0, 0.05) is 17.4 Å². The van der Waals surface area contributed by atoms with Crippen LogP contribution in [-0.4, -0.2) is 22.5 Å². The zero-order valence-electron chi connectivity index (χ0n) is 14.0. The molecule has 2 heterocycles. The minimum Gasteiger partial charge on any atom is -0.494 e. The number of aliphatic imine (C=N–C) groups is 1. The Kier molecular flexibility index (Phi) is 4.18. The van der Waals surface area contributed by atoms with Gasteiger partial charge in [0.25, 0.3) is 0 Å². The van der Waals surface area contributed by atoms with Crippen molar-refractivity contribution in [3.8, 4) is 17.3 Å². The average molecular weight is 364 g/mol. The summed E-state index contributed by atoms with van der Waals surface area (Å²) in [4.78, 5) is 17.0. The third-order valence-electron chi connectivity index (χ3n) is 4.06. The van der Waals surface area contributed by atoms with E-state index in [1.54, 1.807) is 36.6 Å². The predicted octanol–water partition coefficient (Wildman–Crippen LogP) is 4.26. The highest BCUT2D eigenvalue weighted by Crippen LogP contribution is 2.34. The van der Waals surface area contributed by atoms with Gasteiger partial charge in [0.05, 0.1) is 22.9 Å². The number of hydrogen-bond donors (Lipinski definition) is 1. The Morgan fingerprint density at radius 3 is 2.73 bits per heavy atom. The Bertz CT molecular complexity index is 1080. The number of thiazole rings is 1. The molecule has 0 fully saturated rings. The second kappa shape index (κ2) is 6.65. The monoisotopic (exact) mass is 364 g/mol. The van der Waals surface area contributed by atoms with Gasteiger partial charge in [-0.05, 0) is 43.3 Å². The highest BCUT2D eigenvalue weighted by atomic mass is 32.1. The quantitative estimate of drug-likeness (QED) is 0.752. The van der Waals surface area contributed by atoms with Crippen LogP contribution in [0.25, 0.3) is 17.3 Å². The normalized spacial score (nSPS) is 14.0. The van der Waals surface area contributed by atoms with Gasteiger partial charge < -0.3 is 9.84 Å². The summed E-state index contributed by atoms with van der Waals surface area (Å²) in [5.74, 6) is 0.648. The van der Waals surface area contributed by atoms with Gasteiger partial charge in [0.2, 0.25) is 5.88 Å². The smallest absolute Gasteiger partial charge is 0.315 e. The lowest BCUT2D eigenvalue weighted by Gasteiger charge is -2.06. The first-order chi connectivity index (χ1) is 12.7. The number of aromatic nitrogens is 1. The molecule has 0 aliphatic carbocycles. The van der Waals surface area contributed by atoms with Crippen molar-refractivity contribution in [3.63, 3.8) is 0 Å². The van der Waals surface area contributed by atoms with Crippen LogP contribution in [0, 0.1) is 0 Å². The van der Waals surface area contributed by atoms with Crippen molar-refractivity contribution in [1.82, 2.24) is 4.57 Å². The summed E-state index contributed by atoms with van der Waals surface area (Å²) in [5.41, 5.74) is 3.34. The van der Waals surface area contributed by atoms with E-state index >= 15 is 0 Å². The summed E-state index contributed by atoms with van der Waals surface area (Å²) in [6.07, 6.45) is 3.54. The number of ether oxygens (including phenoxy) is 1. The van der Waals surface area contributed by atoms with Crippen LogP contribution in [0.4, 0.5) is 5.69 Å². The second-order valence-corrected chi connectivity index (χ2v) is 6.69. The van der Waals surface area contributed by atoms with Crippen molar-refractivity contribution in [3.05, 3.63) is 68.6 Å². The zero-order chi connectivity index (χ0) is 18.1. The van der Waals surface area contributed by atoms with Crippen molar-refractivity contribution < 1.29 is 9.84 Å². The molecule has 0 saturated heterocycles. The minimum absolute atomic E-state index is 0.0746. The Morgan fingerprint density at radius 2 is 1.96 bits per heavy atom. The molecule has 0 spiro atoms. The van der Waals surface area contributed by atoms with Gasteiger partial charge in [-0.3, -0.25) is 9.79 Å². The SMILES string of the molecule is CCOc1ccc(-n2c(O)c(/C=C3/C=Nc4ccccc43)sc2=O)cc1. The standard InChI is InChI=1S/C20H16N2O3S/c1-2-25-15-9-7-14(8-10-15)22-19(23)18(26-20(22)24)11-13-12-21-17-6-4-3-5-16(13)17/h3-12,23H,2H2,1H3/b13-11-. The maximum absolute atomic E-state index is 12.4. The molecule has 2 aromatic carbocycles. The number of allylic oxidation sites excluding steroid dienone is 1. The number of benzene rings is 2. The molecule has 0 bridgehead atoms. The van der Waals surface area contributed by atoms with Gasteiger partial charge in [0.15, 0.2) is 0 Å². The lowest BCUT2D eigenvalue weighted by molar-refractivity contribution is 0.340. The van der Waals surface area contributed by atoms with Crippen molar-refractivity contribution in [2.45, 2.75) is 6.92 Å². The minimum atomic E-state index is -0.248. The molecule has 1 N–H and O–H groups in total. The maximum Gasteiger partial charge on any atom is 0.315 e. The Balaban J connectivity index is 1.73. The topological polar surface area (TPSA) is 63.8 Å². The molecule has 0 radical (unpaired) electrons. The van der Waals surface area contributed by atoms with Crippen LogP contribution in [-0.2, 0) is 0 Å². The van der Waals surface area contributed by atoms with Gasteiger partial charge in [0.1, 0.15) is 5.75 Å². The van der Waals surface area contributed by atoms with E-state index < -0.39 is 0 Å². The lowest BCUT2D eigenvalue weighted by atomic mass is 10.1. The summed E-state index contributed by atoms with van der Waals surface area (Å²) in [7, 11) is 0. The van der Waals surface area contributed by atoms with Crippen molar-refractivity contribution >= 4 is 34.9 Å². The third kappa shape index (κ3) is 2.84. The molecule has 1 aliphatic heterocycles. The molecule has 1 aliphatic rings. The summed E-state index contributed by atoms with van der Waals surface area (Å²) in [6.45, 7) is 2.48. The first-order valence-corrected chi connectivity index (χ1v) is 9.02. The fourth-order valence-electron chi connectivity index (χ4n) is 2.86. The van der Waals surface area contributed by atoms with Gasteiger partial charge in [-0.25, -0.2) is 4.57 Å². The number of para-hydroxylation sites is 1. The number of aromatic hydroxyl groups is 1. The molecule has 130 valence electrons. The molecule has 0 unspecified atom stereocenters.